The molecule has 1 N–H and O–H groups in total. The molecule has 2 aromatic rings. The average Bonchev–Trinajstić information content (AvgIpc) is 2.60. The van der Waals surface area contributed by atoms with Crippen molar-refractivity contribution < 1.29 is 27.8 Å². The van der Waals surface area contributed by atoms with Crippen LogP contribution in [0.3, 0.4) is 0 Å². The third kappa shape index (κ3) is 5.43. The second-order valence-electron chi connectivity index (χ2n) is 4.83. The lowest BCUT2D eigenvalue weighted by Gasteiger charge is -2.08. The third-order valence-corrected chi connectivity index (χ3v) is 3.34. The summed E-state index contributed by atoms with van der Waals surface area (Å²) >= 11 is 5.85. The topological polar surface area (TPSA) is 88.4 Å². The average molecular weight is 381 g/mol. The van der Waals surface area contributed by atoms with Crippen molar-refractivity contribution in [3.05, 3.63) is 58.6 Å². The van der Waals surface area contributed by atoms with E-state index in [4.69, 9.17) is 21.6 Å². The molecule has 0 bridgehead atoms. The number of alkyl halides is 2. The molecule has 26 heavy (non-hydrogen) atoms. The largest absolute Gasteiger partial charge is 0.452 e. The number of carbonyl (C=O) groups excluding carboxylic acids is 2. The predicted molar refractivity (Wildman–Crippen MR) is 88.2 cm³/mol. The number of amides is 1. The molecule has 2 rings (SSSR count). The highest BCUT2D eigenvalue weighted by atomic mass is 35.5. The predicted octanol–water partition coefficient (Wildman–Crippen LogP) is 3.61. The fourth-order valence-corrected chi connectivity index (χ4v) is 2.09. The zero-order valence-electron chi connectivity index (χ0n) is 13.0. The van der Waals surface area contributed by atoms with Gasteiger partial charge >= 0.3 is 12.6 Å². The second kappa shape index (κ2) is 8.78. The molecule has 0 unspecified atom stereocenters. The zero-order valence-corrected chi connectivity index (χ0v) is 13.8. The SMILES string of the molecule is N#Cc1ccc(NC(=O)COC(=O)c2ccc(OC(F)F)cc2)cc1Cl. The van der Waals surface area contributed by atoms with Gasteiger partial charge in [0.15, 0.2) is 6.61 Å². The molecule has 0 heterocycles. The van der Waals surface area contributed by atoms with E-state index in [-0.39, 0.29) is 21.9 Å². The van der Waals surface area contributed by atoms with Crippen LogP contribution in [0.2, 0.25) is 5.02 Å². The molecule has 0 aliphatic rings. The number of hydrogen-bond donors (Lipinski definition) is 1. The fourth-order valence-electron chi connectivity index (χ4n) is 1.87. The Kier molecular flexibility index (Phi) is 6.47. The van der Waals surface area contributed by atoms with E-state index in [0.29, 0.717) is 5.69 Å². The minimum Gasteiger partial charge on any atom is -0.452 e. The van der Waals surface area contributed by atoms with Crippen LogP contribution < -0.4 is 10.1 Å². The molecule has 0 aliphatic carbocycles. The molecule has 0 radical (unpaired) electrons. The molecule has 134 valence electrons. The number of ether oxygens (including phenoxy) is 2. The van der Waals surface area contributed by atoms with Gasteiger partial charge in [0.1, 0.15) is 11.8 Å². The standard InChI is InChI=1S/C17H11ClF2N2O4/c18-14-7-12(4-1-11(14)8-21)22-15(23)9-25-16(24)10-2-5-13(6-3-10)26-17(19)20/h1-7,17H,9H2,(H,22,23). The van der Waals surface area contributed by atoms with Crippen molar-refractivity contribution in [3.63, 3.8) is 0 Å². The van der Waals surface area contributed by atoms with Crippen molar-refractivity contribution in [1.29, 1.82) is 5.26 Å². The number of esters is 1. The summed E-state index contributed by atoms with van der Waals surface area (Å²) in [7, 11) is 0. The van der Waals surface area contributed by atoms with E-state index in [1.807, 2.05) is 6.07 Å². The summed E-state index contributed by atoms with van der Waals surface area (Å²) in [5.41, 5.74) is 0.666. The van der Waals surface area contributed by atoms with Gasteiger partial charge in [0, 0.05) is 5.69 Å². The molecular weight excluding hydrogens is 370 g/mol. The number of nitrogens with zero attached hydrogens (tertiary/aromatic N) is 1. The van der Waals surface area contributed by atoms with Gasteiger partial charge in [0.2, 0.25) is 0 Å². The normalized spacial score (nSPS) is 10.1. The Morgan fingerprint density at radius 1 is 1.19 bits per heavy atom. The molecule has 9 heteroatoms. The lowest BCUT2D eigenvalue weighted by Crippen LogP contribution is -2.21. The molecule has 0 aromatic heterocycles. The lowest BCUT2D eigenvalue weighted by atomic mass is 10.2. The van der Waals surface area contributed by atoms with Crippen molar-refractivity contribution in [3.8, 4) is 11.8 Å². The first-order valence-electron chi connectivity index (χ1n) is 7.10. The summed E-state index contributed by atoms with van der Waals surface area (Å²) in [6.07, 6.45) is 0. The van der Waals surface area contributed by atoms with E-state index in [9.17, 15) is 18.4 Å². The van der Waals surface area contributed by atoms with E-state index in [1.54, 1.807) is 0 Å². The smallest absolute Gasteiger partial charge is 0.387 e. The van der Waals surface area contributed by atoms with Crippen molar-refractivity contribution in [2.45, 2.75) is 6.61 Å². The van der Waals surface area contributed by atoms with Crippen LogP contribution in [-0.2, 0) is 9.53 Å². The minimum atomic E-state index is -2.97. The fraction of sp³-hybridized carbons (Fsp3) is 0.118. The number of rotatable bonds is 6. The number of nitrogens with one attached hydrogen (secondary N) is 1. The molecule has 1 amide bonds. The van der Waals surface area contributed by atoms with E-state index in [0.717, 1.165) is 0 Å². The Hall–Kier alpha value is -3.18. The van der Waals surface area contributed by atoms with E-state index < -0.39 is 25.1 Å². The molecule has 2 aromatic carbocycles. The van der Waals surface area contributed by atoms with Gasteiger partial charge in [-0.05, 0) is 42.5 Å². The van der Waals surface area contributed by atoms with Gasteiger partial charge in [-0.15, -0.1) is 0 Å². The Labute approximate surface area is 151 Å². The first-order valence-corrected chi connectivity index (χ1v) is 7.48. The van der Waals surface area contributed by atoms with E-state index >= 15 is 0 Å². The minimum absolute atomic E-state index is 0.0702. The molecule has 6 nitrogen and oxygen atoms in total. The first-order chi connectivity index (χ1) is 12.4. The van der Waals surface area contributed by atoms with E-state index in [2.05, 4.69) is 10.1 Å². The van der Waals surface area contributed by atoms with Gasteiger partial charge in [-0.3, -0.25) is 4.79 Å². The maximum Gasteiger partial charge on any atom is 0.387 e. The van der Waals surface area contributed by atoms with Gasteiger partial charge in [-0.25, -0.2) is 4.79 Å². The molecular formula is C17H11ClF2N2O4. The van der Waals surface area contributed by atoms with Crippen molar-refractivity contribution in [1.82, 2.24) is 0 Å². The number of anilines is 1. The van der Waals surface area contributed by atoms with Gasteiger partial charge in [-0.2, -0.15) is 14.0 Å². The summed E-state index contributed by atoms with van der Waals surface area (Å²) in [6, 6.07) is 11.0. The number of hydrogen-bond acceptors (Lipinski definition) is 5. The number of benzene rings is 2. The maximum atomic E-state index is 12.1. The van der Waals surface area contributed by atoms with Crippen LogP contribution in [0.5, 0.6) is 5.75 Å². The lowest BCUT2D eigenvalue weighted by molar-refractivity contribution is -0.119. The monoisotopic (exact) mass is 380 g/mol. The van der Waals surface area contributed by atoms with Crippen LogP contribution in [-0.4, -0.2) is 25.1 Å². The summed E-state index contributed by atoms with van der Waals surface area (Å²) < 4.78 is 33.1. The van der Waals surface area contributed by atoms with Gasteiger partial charge in [0.25, 0.3) is 5.91 Å². The summed E-state index contributed by atoms with van der Waals surface area (Å²) in [5.74, 6) is -1.52. The molecule has 0 fully saturated rings. The highest BCUT2D eigenvalue weighted by Gasteiger charge is 2.12. The number of nitriles is 1. The molecule has 0 atom stereocenters. The second-order valence-corrected chi connectivity index (χ2v) is 5.24. The first kappa shape index (κ1) is 19.1. The van der Waals surface area contributed by atoms with Gasteiger partial charge in [-0.1, -0.05) is 11.6 Å². The van der Waals surface area contributed by atoms with Crippen LogP contribution in [0.1, 0.15) is 15.9 Å². The Morgan fingerprint density at radius 2 is 1.88 bits per heavy atom. The van der Waals surface area contributed by atoms with E-state index in [1.165, 1.54) is 42.5 Å². The number of carbonyl (C=O) groups is 2. The zero-order chi connectivity index (χ0) is 19.1. The van der Waals surface area contributed by atoms with Crippen LogP contribution in [0.25, 0.3) is 0 Å². The van der Waals surface area contributed by atoms with Crippen molar-refractivity contribution >= 4 is 29.2 Å². The van der Waals surface area contributed by atoms with Crippen LogP contribution in [0.4, 0.5) is 14.5 Å². The molecule has 0 aliphatic heterocycles. The highest BCUT2D eigenvalue weighted by molar-refractivity contribution is 6.32. The van der Waals surface area contributed by atoms with Gasteiger partial charge in [0.05, 0.1) is 16.1 Å². The summed E-state index contributed by atoms with van der Waals surface area (Å²) in [4.78, 5) is 23.6. The summed E-state index contributed by atoms with van der Waals surface area (Å²) in [6.45, 7) is -3.53. The maximum absolute atomic E-state index is 12.1. The Bertz CT molecular complexity index is 851. The summed E-state index contributed by atoms with van der Waals surface area (Å²) in [5, 5.41) is 11.4. The van der Waals surface area contributed by atoms with Gasteiger partial charge < -0.3 is 14.8 Å². The molecule has 0 saturated carbocycles. The molecule has 0 saturated heterocycles. The van der Waals surface area contributed by atoms with Crippen LogP contribution in [0.15, 0.2) is 42.5 Å². The molecule has 0 spiro atoms. The van der Waals surface area contributed by atoms with Crippen LogP contribution in [0, 0.1) is 11.3 Å². The Balaban J connectivity index is 1.87. The van der Waals surface area contributed by atoms with Crippen molar-refractivity contribution in [2.24, 2.45) is 0 Å². The third-order valence-electron chi connectivity index (χ3n) is 3.02. The number of halogens is 3. The highest BCUT2D eigenvalue weighted by Crippen LogP contribution is 2.20. The quantitative estimate of drug-likeness (QED) is 0.773. The van der Waals surface area contributed by atoms with Crippen LogP contribution >= 0.6 is 11.6 Å². The Morgan fingerprint density at radius 3 is 2.46 bits per heavy atom. The van der Waals surface area contributed by atoms with Crippen molar-refractivity contribution in [2.75, 3.05) is 11.9 Å².